The quantitative estimate of drug-likeness (QED) is 0.831. The summed E-state index contributed by atoms with van der Waals surface area (Å²) in [6.45, 7) is 2.81. The number of aryl methyl sites for hydroxylation is 1. The van der Waals surface area contributed by atoms with Gasteiger partial charge in [0.15, 0.2) is 5.78 Å². The minimum absolute atomic E-state index is 0.0784. The van der Waals surface area contributed by atoms with Crippen LogP contribution in [-0.2, 0) is 6.54 Å². The zero-order chi connectivity index (χ0) is 13.0. The third-order valence-electron chi connectivity index (χ3n) is 2.88. The first-order valence-corrected chi connectivity index (χ1v) is 6.05. The number of carbonyl (C=O) groups is 1. The van der Waals surface area contributed by atoms with E-state index in [2.05, 4.69) is 5.32 Å². The van der Waals surface area contributed by atoms with Crippen molar-refractivity contribution in [1.82, 2.24) is 5.32 Å². The molecule has 0 radical (unpaired) electrons. The van der Waals surface area contributed by atoms with Gasteiger partial charge in [-0.3, -0.25) is 4.79 Å². The topological polar surface area (TPSA) is 29.1 Å². The molecule has 2 aromatic rings. The second-order valence-electron chi connectivity index (χ2n) is 4.43. The molecule has 0 bridgehead atoms. The Bertz CT molecular complexity index is 543. The molecule has 2 rings (SSSR count). The third-order valence-corrected chi connectivity index (χ3v) is 2.88. The molecule has 2 aromatic carbocycles. The highest BCUT2D eigenvalue weighted by molar-refractivity contribution is 6.09. The molecule has 18 heavy (non-hydrogen) atoms. The van der Waals surface area contributed by atoms with Gasteiger partial charge in [-0.15, -0.1) is 0 Å². The van der Waals surface area contributed by atoms with Crippen molar-refractivity contribution in [3.63, 3.8) is 0 Å². The molecule has 0 unspecified atom stereocenters. The Kier molecular flexibility index (Phi) is 3.90. The van der Waals surface area contributed by atoms with Crippen LogP contribution in [0.2, 0.25) is 0 Å². The Labute approximate surface area is 108 Å². The van der Waals surface area contributed by atoms with Gasteiger partial charge in [0.2, 0.25) is 0 Å². The van der Waals surface area contributed by atoms with Gasteiger partial charge in [-0.05, 0) is 25.6 Å². The highest BCUT2D eigenvalue weighted by Crippen LogP contribution is 2.12. The van der Waals surface area contributed by atoms with Gasteiger partial charge in [-0.1, -0.05) is 48.0 Å². The average Bonchev–Trinajstić information content (AvgIpc) is 2.39. The van der Waals surface area contributed by atoms with Gasteiger partial charge >= 0.3 is 0 Å². The molecular weight excluding hydrogens is 222 g/mol. The third kappa shape index (κ3) is 2.84. The normalized spacial score (nSPS) is 10.3. The number of nitrogens with one attached hydrogen (secondary N) is 1. The standard InChI is InChI=1S/C16H17NO/c1-12-4-3-5-15(10-12)16(18)14-8-6-13(7-9-14)11-17-2/h3-10,17H,11H2,1-2H3. The summed E-state index contributed by atoms with van der Waals surface area (Å²) in [5.74, 6) is 0.0784. The number of rotatable bonds is 4. The highest BCUT2D eigenvalue weighted by atomic mass is 16.1. The molecule has 1 N–H and O–H groups in total. The molecule has 0 saturated heterocycles. The fraction of sp³-hybridized carbons (Fsp3) is 0.188. The van der Waals surface area contributed by atoms with Crippen LogP contribution in [0.15, 0.2) is 48.5 Å². The minimum atomic E-state index is 0.0784. The zero-order valence-corrected chi connectivity index (χ0v) is 10.7. The van der Waals surface area contributed by atoms with Crippen LogP contribution in [0.5, 0.6) is 0 Å². The molecule has 0 atom stereocenters. The van der Waals surface area contributed by atoms with Gasteiger partial charge in [-0.2, -0.15) is 0 Å². The van der Waals surface area contributed by atoms with Crippen molar-refractivity contribution >= 4 is 5.78 Å². The van der Waals surface area contributed by atoms with Crippen LogP contribution in [0, 0.1) is 6.92 Å². The minimum Gasteiger partial charge on any atom is -0.316 e. The van der Waals surface area contributed by atoms with Gasteiger partial charge in [-0.25, -0.2) is 0 Å². The smallest absolute Gasteiger partial charge is 0.193 e. The van der Waals surface area contributed by atoms with Crippen LogP contribution < -0.4 is 5.32 Å². The van der Waals surface area contributed by atoms with E-state index >= 15 is 0 Å². The molecule has 2 nitrogen and oxygen atoms in total. The van der Waals surface area contributed by atoms with Crippen LogP contribution in [0.25, 0.3) is 0 Å². The van der Waals surface area contributed by atoms with Gasteiger partial charge in [0.25, 0.3) is 0 Å². The Morgan fingerprint density at radius 3 is 2.39 bits per heavy atom. The van der Waals surface area contributed by atoms with E-state index in [1.165, 1.54) is 5.56 Å². The monoisotopic (exact) mass is 239 g/mol. The second kappa shape index (κ2) is 5.61. The van der Waals surface area contributed by atoms with Gasteiger partial charge in [0.05, 0.1) is 0 Å². The number of benzene rings is 2. The molecular formula is C16H17NO. The fourth-order valence-electron chi connectivity index (χ4n) is 1.93. The van der Waals surface area contributed by atoms with Gasteiger partial charge in [0.1, 0.15) is 0 Å². The summed E-state index contributed by atoms with van der Waals surface area (Å²) < 4.78 is 0. The molecule has 0 spiro atoms. The summed E-state index contributed by atoms with van der Waals surface area (Å²) >= 11 is 0. The first-order valence-electron chi connectivity index (χ1n) is 6.05. The SMILES string of the molecule is CNCc1ccc(C(=O)c2cccc(C)c2)cc1. The molecule has 0 fully saturated rings. The van der Waals surface area contributed by atoms with Crippen LogP contribution in [0.3, 0.4) is 0 Å². The van der Waals surface area contributed by atoms with Crippen molar-refractivity contribution < 1.29 is 4.79 Å². The van der Waals surface area contributed by atoms with E-state index in [1.54, 1.807) is 0 Å². The van der Waals surface area contributed by atoms with Crippen molar-refractivity contribution in [2.24, 2.45) is 0 Å². The van der Waals surface area contributed by atoms with Gasteiger partial charge in [0, 0.05) is 17.7 Å². The molecule has 0 aliphatic rings. The van der Waals surface area contributed by atoms with Crippen molar-refractivity contribution in [2.75, 3.05) is 7.05 Å². The number of ketones is 1. The largest absolute Gasteiger partial charge is 0.316 e. The summed E-state index contributed by atoms with van der Waals surface area (Å²) in [5.41, 5.74) is 3.77. The van der Waals surface area contributed by atoms with Crippen molar-refractivity contribution in [3.05, 3.63) is 70.8 Å². The Morgan fingerprint density at radius 2 is 1.78 bits per heavy atom. The van der Waals surface area contributed by atoms with Crippen LogP contribution in [0.4, 0.5) is 0 Å². The maximum absolute atomic E-state index is 12.3. The molecule has 0 aliphatic carbocycles. The first-order chi connectivity index (χ1) is 8.70. The number of hydrogen-bond acceptors (Lipinski definition) is 2. The number of hydrogen-bond donors (Lipinski definition) is 1. The predicted molar refractivity (Wildman–Crippen MR) is 73.8 cm³/mol. The molecule has 92 valence electrons. The van der Waals surface area contributed by atoms with Crippen molar-refractivity contribution in [1.29, 1.82) is 0 Å². The summed E-state index contributed by atoms with van der Waals surface area (Å²) in [6, 6.07) is 15.4. The van der Waals surface area contributed by atoms with E-state index in [0.717, 1.165) is 23.2 Å². The Morgan fingerprint density at radius 1 is 1.06 bits per heavy atom. The van der Waals surface area contributed by atoms with Crippen molar-refractivity contribution in [3.8, 4) is 0 Å². The zero-order valence-electron chi connectivity index (χ0n) is 10.7. The summed E-state index contributed by atoms with van der Waals surface area (Å²) in [6.07, 6.45) is 0. The van der Waals surface area contributed by atoms with E-state index in [4.69, 9.17) is 0 Å². The maximum Gasteiger partial charge on any atom is 0.193 e. The maximum atomic E-state index is 12.3. The van der Waals surface area contributed by atoms with E-state index in [0.29, 0.717) is 0 Å². The second-order valence-corrected chi connectivity index (χ2v) is 4.43. The lowest BCUT2D eigenvalue weighted by Crippen LogP contribution is -2.06. The van der Waals surface area contributed by atoms with E-state index in [1.807, 2.05) is 62.5 Å². The lowest BCUT2D eigenvalue weighted by molar-refractivity contribution is 0.103. The van der Waals surface area contributed by atoms with Gasteiger partial charge < -0.3 is 5.32 Å². The first kappa shape index (κ1) is 12.5. The molecule has 0 heterocycles. The number of carbonyl (C=O) groups excluding carboxylic acids is 1. The Hall–Kier alpha value is -1.93. The van der Waals surface area contributed by atoms with E-state index in [9.17, 15) is 4.79 Å². The van der Waals surface area contributed by atoms with E-state index in [-0.39, 0.29) is 5.78 Å². The molecule has 2 heteroatoms. The van der Waals surface area contributed by atoms with Crippen LogP contribution >= 0.6 is 0 Å². The summed E-state index contributed by atoms with van der Waals surface area (Å²) in [5, 5.41) is 3.09. The van der Waals surface area contributed by atoms with Crippen molar-refractivity contribution in [2.45, 2.75) is 13.5 Å². The molecule has 0 aromatic heterocycles. The molecule has 0 saturated carbocycles. The van der Waals surface area contributed by atoms with Crippen LogP contribution in [-0.4, -0.2) is 12.8 Å². The summed E-state index contributed by atoms with van der Waals surface area (Å²) in [7, 11) is 1.91. The average molecular weight is 239 g/mol. The van der Waals surface area contributed by atoms with Crippen LogP contribution in [0.1, 0.15) is 27.0 Å². The predicted octanol–water partition coefficient (Wildman–Crippen LogP) is 2.95. The summed E-state index contributed by atoms with van der Waals surface area (Å²) in [4.78, 5) is 12.3. The highest BCUT2D eigenvalue weighted by Gasteiger charge is 2.08. The van der Waals surface area contributed by atoms with E-state index < -0.39 is 0 Å². The lowest BCUT2D eigenvalue weighted by atomic mass is 10.0. The Balaban J connectivity index is 2.23. The lowest BCUT2D eigenvalue weighted by Gasteiger charge is -2.04. The fourth-order valence-corrected chi connectivity index (χ4v) is 1.93. The molecule has 0 amide bonds. The molecule has 0 aliphatic heterocycles.